The number of nitrogens with zero attached hydrogens (tertiary/aromatic N) is 1. The monoisotopic (exact) mass is 209 g/mol. The zero-order valence-corrected chi connectivity index (χ0v) is 10.1. The molecule has 0 amide bonds. The van der Waals surface area contributed by atoms with Gasteiger partial charge in [-0.05, 0) is 24.7 Å². The third-order valence-electron chi connectivity index (χ3n) is 3.15. The van der Waals surface area contributed by atoms with Gasteiger partial charge in [-0.25, -0.2) is 4.98 Å². The number of rotatable bonds is 2. The average Bonchev–Trinajstić information content (AvgIpc) is 2.70. The van der Waals surface area contributed by atoms with Crippen molar-refractivity contribution < 1.29 is 0 Å². The van der Waals surface area contributed by atoms with Crippen LogP contribution in [0.5, 0.6) is 0 Å². The summed E-state index contributed by atoms with van der Waals surface area (Å²) in [4.78, 5) is 6.02. The Balaban J connectivity index is 2.09. The summed E-state index contributed by atoms with van der Waals surface area (Å²) in [5.74, 6) is 2.31. The van der Waals surface area contributed by atoms with Crippen LogP contribution in [0.4, 0.5) is 0 Å². The van der Waals surface area contributed by atoms with E-state index in [4.69, 9.17) is 0 Å². The first-order valence-electron chi connectivity index (χ1n) is 5.62. The van der Waals surface area contributed by atoms with Crippen LogP contribution in [-0.2, 0) is 0 Å². The van der Waals surface area contributed by atoms with Crippen molar-refractivity contribution in [2.75, 3.05) is 0 Å². The van der Waals surface area contributed by atoms with Gasteiger partial charge in [0.1, 0.15) is 0 Å². The lowest BCUT2D eigenvalue weighted by molar-refractivity contribution is 0.595. The van der Waals surface area contributed by atoms with Crippen molar-refractivity contribution in [2.24, 2.45) is 5.92 Å². The Morgan fingerprint density at radius 1 is 1.43 bits per heavy atom. The predicted molar refractivity (Wildman–Crippen MR) is 62.0 cm³/mol. The Morgan fingerprint density at radius 3 is 2.71 bits per heavy atom. The maximum Gasteiger partial charge on any atom is 0.0958 e. The molecule has 0 N–H and O–H groups in total. The van der Waals surface area contributed by atoms with Crippen LogP contribution >= 0.6 is 11.3 Å². The van der Waals surface area contributed by atoms with E-state index < -0.39 is 0 Å². The van der Waals surface area contributed by atoms with Crippen molar-refractivity contribution in [1.82, 2.24) is 4.98 Å². The van der Waals surface area contributed by atoms with Gasteiger partial charge in [-0.2, -0.15) is 0 Å². The van der Waals surface area contributed by atoms with Crippen LogP contribution < -0.4 is 0 Å². The molecule has 0 aliphatic heterocycles. The van der Waals surface area contributed by atoms with Crippen molar-refractivity contribution in [3.8, 4) is 0 Å². The van der Waals surface area contributed by atoms with E-state index in [0.29, 0.717) is 5.92 Å². The predicted octanol–water partition coefficient (Wildman–Crippen LogP) is 4.17. The van der Waals surface area contributed by atoms with Crippen molar-refractivity contribution >= 4 is 11.3 Å². The van der Waals surface area contributed by atoms with Crippen LogP contribution in [-0.4, -0.2) is 4.98 Å². The average molecular weight is 209 g/mol. The van der Waals surface area contributed by atoms with Crippen LogP contribution in [0, 0.1) is 5.92 Å². The molecule has 1 fully saturated rings. The molecule has 1 saturated carbocycles. The van der Waals surface area contributed by atoms with Crippen LogP contribution in [0.1, 0.15) is 61.8 Å². The number of hydrogen-bond acceptors (Lipinski definition) is 2. The standard InChI is InChI=1S/C12H19NS/c1-8(2)11-7-13-12(14-11)10-5-4-9(3)6-10/h7-10H,4-6H2,1-3H3. The molecule has 1 aromatic rings. The highest BCUT2D eigenvalue weighted by molar-refractivity contribution is 7.11. The van der Waals surface area contributed by atoms with Gasteiger partial charge in [0.15, 0.2) is 0 Å². The molecule has 2 heteroatoms. The lowest BCUT2D eigenvalue weighted by Gasteiger charge is -2.04. The zero-order valence-electron chi connectivity index (χ0n) is 9.29. The maximum atomic E-state index is 4.57. The topological polar surface area (TPSA) is 12.9 Å². The van der Waals surface area contributed by atoms with Crippen LogP contribution in [0.2, 0.25) is 0 Å². The Hall–Kier alpha value is -0.370. The largest absolute Gasteiger partial charge is 0.249 e. The molecular formula is C12H19NS. The summed E-state index contributed by atoms with van der Waals surface area (Å²) < 4.78 is 0. The first-order chi connectivity index (χ1) is 6.66. The highest BCUT2D eigenvalue weighted by Gasteiger charge is 2.25. The second-order valence-corrected chi connectivity index (χ2v) is 5.96. The van der Waals surface area contributed by atoms with Gasteiger partial charge in [0, 0.05) is 17.0 Å². The minimum Gasteiger partial charge on any atom is -0.249 e. The second kappa shape index (κ2) is 4.01. The summed E-state index contributed by atoms with van der Waals surface area (Å²) >= 11 is 1.93. The van der Waals surface area contributed by atoms with E-state index in [1.165, 1.54) is 29.1 Å². The fraction of sp³-hybridized carbons (Fsp3) is 0.750. The highest BCUT2D eigenvalue weighted by Crippen LogP contribution is 2.40. The van der Waals surface area contributed by atoms with Gasteiger partial charge in [0.25, 0.3) is 0 Å². The summed E-state index contributed by atoms with van der Waals surface area (Å²) in [5.41, 5.74) is 0. The van der Waals surface area contributed by atoms with E-state index in [1.807, 2.05) is 11.3 Å². The molecule has 1 nitrogen and oxygen atoms in total. The molecule has 78 valence electrons. The molecule has 0 saturated heterocycles. The Kier molecular flexibility index (Phi) is 2.91. The SMILES string of the molecule is CC1CCC(c2ncc(C(C)C)s2)C1. The molecule has 0 aromatic carbocycles. The third-order valence-corrected chi connectivity index (χ3v) is 4.61. The molecule has 14 heavy (non-hydrogen) atoms. The van der Waals surface area contributed by atoms with E-state index >= 15 is 0 Å². The van der Waals surface area contributed by atoms with E-state index in [9.17, 15) is 0 Å². The van der Waals surface area contributed by atoms with Gasteiger partial charge in [0.2, 0.25) is 0 Å². The number of hydrogen-bond donors (Lipinski definition) is 0. The molecule has 2 unspecified atom stereocenters. The molecule has 1 aliphatic rings. The van der Waals surface area contributed by atoms with Gasteiger partial charge in [-0.1, -0.05) is 27.2 Å². The molecule has 2 atom stereocenters. The first kappa shape index (κ1) is 10.2. The molecule has 0 radical (unpaired) electrons. The lowest BCUT2D eigenvalue weighted by Crippen LogP contribution is -1.91. The fourth-order valence-electron chi connectivity index (χ4n) is 2.19. The van der Waals surface area contributed by atoms with E-state index in [1.54, 1.807) is 0 Å². The number of aromatic nitrogens is 1. The van der Waals surface area contributed by atoms with Gasteiger partial charge < -0.3 is 0 Å². The second-order valence-electron chi connectivity index (χ2n) is 4.87. The zero-order chi connectivity index (χ0) is 10.1. The van der Waals surface area contributed by atoms with Crippen molar-refractivity contribution in [3.05, 3.63) is 16.1 Å². The fourth-order valence-corrected chi connectivity index (χ4v) is 3.26. The Labute approximate surface area is 90.6 Å². The van der Waals surface area contributed by atoms with E-state index in [2.05, 4.69) is 32.0 Å². The first-order valence-corrected chi connectivity index (χ1v) is 6.44. The molecule has 1 aliphatic carbocycles. The summed E-state index contributed by atoms with van der Waals surface area (Å²) in [6, 6.07) is 0. The molecule has 2 rings (SSSR count). The van der Waals surface area contributed by atoms with Crippen LogP contribution in [0.3, 0.4) is 0 Å². The Morgan fingerprint density at radius 2 is 2.21 bits per heavy atom. The Bertz CT molecular complexity index is 303. The normalized spacial score (nSPS) is 27.4. The molecule has 1 aromatic heterocycles. The quantitative estimate of drug-likeness (QED) is 0.712. The summed E-state index contributed by atoms with van der Waals surface area (Å²) in [6.07, 6.45) is 6.17. The number of thiazole rings is 1. The molecule has 1 heterocycles. The van der Waals surface area contributed by atoms with Gasteiger partial charge in [-0.15, -0.1) is 11.3 Å². The maximum absolute atomic E-state index is 4.57. The third kappa shape index (κ3) is 2.00. The minimum absolute atomic E-state index is 0.639. The van der Waals surface area contributed by atoms with Gasteiger partial charge in [0.05, 0.1) is 5.01 Å². The van der Waals surface area contributed by atoms with Crippen molar-refractivity contribution in [2.45, 2.75) is 51.9 Å². The van der Waals surface area contributed by atoms with Crippen molar-refractivity contribution in [1.29, 1.82) is 0 Å². The van der Waals surface area contributed by atoms with E-state index in [-0.39, 0.29) is 0 Å². The van der Waals surface area contributed by atoms with Crippen LogP contribution in [0.15, 0.2) is 6.20 Å². The highest BCUT2D eigenvalue weighted by atomic mass is 32.1. The summed E-state index contributed by atoms with van der Waals surface area (Å²) in [6.45, 7) is 6.85. The minimum atomic E-state index is 0.639. The van der Waals surface area contributed by atoms with Gasteiger partial charge >= 0.3 is 0 Å². The molecular weight excluding hydrogens is 190 g/mol. The van der Waals surface area contributed by atoms with Crippen molar-refractivity contribution in [3.63, 3.8) is 0 Å². The van der Waals surface area contributed by atoms with Crippen LogP contribution in [0.25, 0.3) is 0 Å². The van der Waals surface area contributed by atoms with E-state index in [0.717, 1.165) is 11.8 Å². The molecule has 0 spiro atoms. The summed E-state index contributed by atoms with van der Waals surface area (Å²) in [5, 5.41) is 1.39. The molecule has 0 bridgehead atoms. The summed E-state index contributed by atoms with van der Waals surface area (Å²) in [7, 11) is 0. The van der Waals surface area contributed by atoms with Gasteiger partial charge in [-0.3, -0.25) is 0 Å². The smallest absolute Gasteiger partial charge is 0.0958 e. The lowest BCUT2D eigenvalue weighted by atomic mass is 10.1.